The van der Waals surface area contributed by atoms with Gasteiger partial charge in [-0.05, 0) is 25.0 Å². The summed E-state index contributed by atoms with van der Waals surface area (Å²) in [6, 6.07) is 7.16. The van der Waals surface area contributed by atoms with Gasteiger partial charge in [-0.3, -0.25) is 10.2 Å². The molecule has 0 saturated carbocycles. The quantitative estimate of drug-likeness (QED) is 0.766. The molecule has 1 fully saturated rings. The first kappa shape index (κ1) is 11.9. The number of rotatable bonds is 2. The molecule has 92 valence electrons. The van der Waals surface area contributed by atoms with E-state index in [9.17, 15) is 4.79 Å². The van der Waals surface area contributed by atoms with Gasteiger partial charge in [0.2, 0.25) is 0 Å². The molecular formula is C13H19N3O. The molecule has 0 radical (unpaired) electrons. The molecule has 17 heavy (non-hydrogen) atoms. The minimum Gasteiger partial charge on any atom is -0.398 e. The summed E-state index contributed by atoms with van der Waals surface area (Å²) >= 11 is 0. The van der Waals surface area contributed by atoms with Crippen LogP contribution in [0.3, 0.4) is 0 Å². The van der Waals surface area contributed by atoms with Crippen molar-refractivity contribution in [1.82, 2.24) is 10.4 Å². The number of hydrogen-bond acceptors (Lipinski definition) is 3. The standard InChI is InChI=1S/C13H19N3O/c14-12-8-4-3-7-11(12)13(17)15-16-9-5-1-2-6-10-16/h3-4,7-8H,1-2,5-6,9-10,14H2,(H,15,17). The van der Waals surface area contributed by atoms with Gasteiger partial charge in [-0.1, -0.05) is 25.0 Å². The predicted molar refractivity (Wildman–Crippen MR) is 68.4 cm³/mol. The topological polar surface area (TPSA) is 58.4 Å². The Morgan fingerprint density at radius 2 is 1.76 bits per heavy atom. The minimum absolute atomic E-state index is 0.106. The number of nitrogens with two attached hydrogens (primary N) is 1. The highest BCUT2D eigenvalue weighted by Crippen LogP contribution is 2.12. The Balaban J connectivity index is 1.98. The molecule has 0 atom stereocenters. The van der Waals surface area contributed by atoms with Crippen LogP contribution < -0.4 is 11.2 Å². The lowest BCUT2D eigenvalue weighted by atomic mass is 10.2. The zero-order chi connectivity index (χ0) is 12.1. The average Bonchev–Trinajstić information content (AvgIpc) is 2.58. The Labute approximate surface area is 102 Å². The summed E-state index contributed by atoms with van der Waals surface area (Å²) in [6.45, 7) is 1.86. The van der Waals surface area contributed by atoms with E-state index in [-0.39, 0.29) is 5.91 Å². The third kappa shape index (κ3) is 3.20. The van der Waals surface area contributed by atoms with Crippen molar-refractivity contribution in [2.75, 3.05) is 18.8 Å². The van der Waals surface area contributed by atoms with Gasteiger partial charge in [-0.25, -0.2) is 5.01 Å². The van der Waals surface area contributed by atoms with Gasteiger partial charge in [-0.2, -0.15) is 0 Å². The van der Waals surface area contributed by atoms with E-state index in [0.29, 0.717) is 11.3 Å². The van der Waals surface area contributed by atoms with Crippen molar-refractivity contribution >= 4 is 11.6 Å². The van der Waals surface area contributed by atoms with E-state index in [1.165, 1.54) is 12.8 Å². The SMILES string of the molecule is Nc1ccccc1C(=O)NN1CCCCCC1. The van der Waals surface area contributed by atoms with Crippen molar-refractivity contribution in [3.63, 3.8) is 0 Å². The van der Waals surface area contributed by atoms with Gasteiger partial charge >= 0.3 is 0 Å². The second-order valence-electron chi connectivity index (χ2n) is 4.43. The molecule has 4 heteroatoms. The van der Waals surface area contributed by atoms with E-state index in [2.05, 4.69) is 5.43 Å². The van der Waals surface area contributed by atoms with Gasteiger partial charge in [0.05, 0.1) is 5.56 Å². The first-order valence-electron chi connectivity index (χ1n) is 6.18. The van der Waals surface area contributed by atoms with Crippen LogP contribution in [-0.2, 0) is 0 Å². The number of carbonyl (C=O) groups excluding carboxylic acids is 1. The number of nitrogens with zero attached hydrogens (tertiary/aromatic N) is 1. The third-order valence-electron chi connectivity index (χ3n) is 3.07. The summed E-state index contributed by atoms with van der Waals surface area (Å²) in [5.41, 5.74) is 9.79. The lowest BCUT2D eigenvalue weighted by molar-refractivity contribution is 0.0795. The Bertz CT molecular complexity index is 384. The Morgan fingerprint density at radius 1 is 1.12 bits per heavy atom. The van der Waals surface area contributed by atoms with Crippen LogP contribution in [0.4, 0.5) is 5.69 Å². The molecule has 0 spiro atoms. The van der Waals surface area contributed by atoms with Crippen LogP contribution in [0.2, 0.25) is 0 Å². The maximum Gasteiger partial charge on any atom is 0.267 e. The smallest absolute Gasteiger partial charge is 0.267 e. The summed E-state index contributed by atoms with van der Waals surface area (Å²) < 4.78 is 0. The number of nitrogens with one attached hydrogen (secondary N) is 1. The number of carbonyl (C=O) groups is 1. The largest absolute Gasteiger partial charge is 0.398 e. The number of para-hydroxylation sites is 1. The fourth-order valence-corrected chi connectivity index (χ4v) is 2.09. The highest BCUT2D eigenvalue weighted by molar-refractivity contribution is 5.98. The third-order valence-corrected chi connectivity index (χ3v) is 3.07. The fourth-order valence-electron chi connectivity index (χ4n) is 2.09. The highest BCUT2D eigenvalue weighted by Gasteiger charge is 2.14. The molecule has 0 unspecified atom stereocenters. The number of hydrazine groups is 1. The number of hydrogen-bond donors (Lipinski definition) is 2. The van der Waals surface area contributed by atoms with E-state index >= 15 is 0 Å². The van der Waals surface area contributed by atoms with Gasteiger partial charge in [0.25, 0.3) is 5.91 Å². The maximum absolute atomic E-state index is 12.0. The van der Waals surface area contributed by atoms with Crippen LogP contribution in [0.1, 0.15) is 36.0 Å². The van der Waals surface area contributed by atoms with Gasteiger partial charge < -0.3 is 5.73 Å². The zero-order valence-electron chi connectivity index (χ0n) is 9.98. The van der Waals surface area contributed by atoms with Crippen LogP contribution in [0, 0.1) is 0 Å². The lowest BCUT2D eigenvalue weighted by Crippen LogP contribution is -2.42. The van der Waals surface area contributed by atoms with E-state index in [4.69, 9.17) is 5.73 Å². The van der Waals surface area contributed by atoms with Crippen LogP contribution in [0.25, 0.3) is 0 Å². The molecular weight excluding hydrogens is 214 g/mol. The fraction of sp³-hybridized carbons (Fsp3) is 0.462. The number of benzene rings is 1. The van der Waals surface area contributed by atoms with Crippen molar-refractivity contribution in [1.29, 1.82) is 0 Å². The molecule has 1 heterocycles. The summed E-state index contributed by atoms with van der Waals surface area (Å²) in [6.07, 6.45) is 4.79. The van der Waals surface area contributed by atoms with Gasteiger partial charge in [-0.15, -0.1) is 0 Å². The monoisotopic (exact) mass is 233 g/mol. The summed E-state index contributed by atoms with van der Waals surface area (Å²) in [5, 5.41) is 2.00. The molecule has 0 bridgehead atoms. The highest BCUT2D eigenvalue weighted by atomic mass is 16.2. The number of anilines is 1. The molecule has 1 saturated heterocycles. The van der Waals surface area contributed by atoms with Crippen molar-refractivity contribution < 1.29 is 4.79 Å². The van der Waals surface area contributed by atoms with Gasteiger partial charge in [0, 0.05) is 18.8 Å². The molecule has 1 aliphatic heterocycles. The molecule has 0 aliphatic carbocycles. The number of nitrogen functional groups attached to an aromatic ring is 1. The van der Waals surface area contributed by atoms with E-state index in [1.54, 1.807) is 12.1 Å². The van der Waals surface area contributed by atoms with Crippen molar-refractivity contribution in [3.8, 4) is 0 Å². The molecule has 3 N–H and O–H groups in total. The first-order valence-corrected chi connectivity index (χ1v) is 6.18. The summed E-state index contributed by atoms with van der Waals surface area (Å²) in [5.74, 6) is -0.106. The second-order valence-corrected chi connectivity index (χ2v) is 4.43. The molecule has 1 aliphatic rings. The van der Waals surface area contributed by atoms with E-state index in [0.717, 1.165) is 25.9 Å². The normalized spacial score (nSPS) is 17.4. The van der Waals surface area contributed by atoms with Crippen molar-refractivity contribution in [2.24, 2.45) is 0 Å². The van der Waals surface area contributed by atoms with Gasteiger partial charge in [0.1, 0.15) is 0 Å². The Kier molecular flexibility index (Phi) is 3.98. The molecule has 2 rings (SSSR count). The molecule has 1 aromatic carbocycles. The van der Waals surface area contributed by atoms with Crippen LogP contribution in [0.5, 0.6) is 0 Å². The molecule has 4 nitrogen and oxygen atoms in total. The van der Waals surface area contributed by atoms with E-state index < -0.39 is 0 Å². The van der Waals surface area contributed by atoms with E-state index in [1.807, 2.05) is 17.1 Å². The van der Waals surface area contributed by atoms with Crippen molar-refractivity contribution in [3.05, 3.63) is 29.8 Å². The zero-order valence-corrected chi connectivity index (χ0v) is 9.98. The molecule has 0 aromatic heterocycles. The second kappa shape index (κ2) is 5.68. The average molecular weight is 233 g/mol. The summed E-state index contributed by atoms with van der Waals surface area (Å²) in [7, 11) is 0. The van der Waals surface area contributed by atoms with Crippen LogP contribution in [-0.4, -0.2) is 24.0 Å². The maximum atomic E-state index is 12.0. The Hall–Kier alpha value is -1.55. The predicted octanol–water partition coefficient (Wildman–Crippen LogP) is 1.79. The van der Waals surface area contributed by atoms with Crippen molar-refractivity contribution in [2.45, 2.75) is 25.7 Å². The molecule has 1 aromatic rings. The van der Waals surface area contributed by atoms with Gasteiger partial charge in [0.15, 0.2) is 0 Å². The minimum atomic E-state index is -0.106. The Morgan fingerprint density at radius 3 is 2.41 bits per heavy atom. The number of amides is 1. The molecule has 1 amide bonds. The van der Waals surface area contributed by atoms with Crippen LogP contribution >= 0.6 is 0 Å². The lowest BCUT2D eigenvalue weighted by Gasteiger charge is -2.21. The van der Waals surface area contributed by atoms with Crippen LogP contribution in [0.15, 0.2) is 24.3 Å². The first-order chi connectivity index (χ1) is 8.27. The summed E-state index contributed by atoms with van der Waals surface area (Å²) in [4.78, 5) is 12.0.